The molecule has 0 radical (unpaired) electrons. The molecular formula is C20H27ClN4O2. The molecule has 0 unspecified atom stereocenters. The third-order valence-electron chi connectivity index (χ3n) is 5.41. The van der Waals surface area contributed by atoms with E-state index in [1.165, 1.54) is 5.56 Å². The molecule has 7 heteroatoms. The number of aryl methyl sites for hydroxylation is 2. The Hall–Kier alpha value is -2.08. The summed E-state index contributed by atoms with van der Waals surface area (Å²) in [6.45, 7) is 7.48. The lowest BCUT2D eigenvalue weighted by molar-refractivity contribution is -0.135. The monoisotopic (exact) mass is 390 g/mol. The van der Waals surface area contributed by atoms with Crippen molar-refractivity contribution in [3.05, 3.63) is 23.5 Å². The summed E-state index contributed by atoms with van der Waals surface area (Å²) in [6, 6.07) is 0. The van der Waals surface area contributed by atoms with Gasteiger partial charge in [0, 0.05) is 37.6 Å². The van der Waals surface area contributed by atoms with Crippen LogP contribution in [0.1, 0.15) is 43.7 Å². The second-order valence-electron chi connectivity index (χ2n) is 7.63. The Morgan fingerprint density at radius 2 is 2.00 bits per heavy atom. The Morgan fingerprint density at radius 3 is 2.59 bits per heavy atom. The molecule has 6 nitrogen and oxygen atoms in total. The highest BCUT2D eigenvalue weighted by Gasteiger charge is 2.28. The van der Waals surface area contributed by atoms with Crippen molar-refractivity contribution >= 4 is 40.1 Å². The van der Waals surface area contributed by atoms with E-state index < -0.39 is 0 Å². The van der Waals surface area contributed by atoms with Crippen molar-refractivity contribution in [3.8, 4) is 0 Å². The highest BCUT2D eigenvalue weighted by molar-refractivity contribution is 6.29. The van der Waals surface area contributed by atoms with E-state index in [0.29, 0.717) is 11.6 Å². The number of halogens is 1. The van der Waals surface area contributed by atoms with Gasteiger partial charge in [-0.15, -0.1) is 11.6 Å². The predicted octanol–water partition coefficient (Wildman–Crippen LogP) is 3.42. The molecule has 2 aromatic rings. The van der Waals surface area contributed by atoms with Crippen molar-refractivity contribution in [2.45, 2.75) is 39.5 Å². The van der Waals surface area contributed by atoms with Crippen LogP contribution in [0.5, 0.6) is 0 Å². The zero-order valence-corrected chi connectivity index (χ0v) is 17.1. The van der Waals surface area contributed by atoms with Gasteiger partial charge >= 0.3 is 0 Å². The first-order valence-corrected chi connectivity index (χ1v) is 9.96. The SMILES string of the molecule is Cc1c(NC(=O)CCl)cnc2c1c(C1CCN(C(=O)C(C)C)CC1)cn2C. The van der Waals surface area contributed by atoms with E-state index in [2.05, 4.69) is 16.5 Å². The van der Waals surface area contributed by atoms with Gasteiger partial charge < -0.3 is 14.8 Å². The maximum absolute atomic E-state index is 12.2. The van der Waals surface area contributed by atoms with E-state index in [1.807, 2.05) is 37.3 Å². The fourth-order valence-electron chi connectivity index (χ4n) is 3.93. The third-order valence-corrected chi connectivity index (χ3v) is 5.65. The molecule has 0 aromatic carbocycles. The number of aromatic nitrogens is 2. The maximum atomic E-state index is 12.2. The van der Waals surface area contributed by atoms with Gasteiger partial charge in [0.2, 0.25) is 11.8 Å². The number of anilines is 1. The number of alkyl halides is 1. The van der Waals surface area contributed by atoms with Crippen molar-refractivity contribution in [1.82, 2.24) is 14.5 Å². The Morgan fingerprint density at radius 1 is 1.33 bits per heavy atom. The molecule has 1 saturated heterocycles. The zero-order valence-electron chi connectivity index (χ0n) is 16.4. The fourth-order valence-corrected chi connectivity index (χ4v) is 4.00. The van der Waals surface area contributed by atoms with Crippen LogP contribution < -0.4 is 5.32 Å². The Bertz CT molecular complexity index is 866. The largest absolute Gasteiger partial charge is 0.342 e. The van der Waals surface area contributed by atoms with Crippen LogP contribution in [0.3, 0.4) is 0 Å². The summed E-state index contributed by atoms with van der Waals surface area (Å²) in [7, 11) is 1.99. The number of piperidine rings is 1. The number of likely N-dealkylation sites (tertiary alicyclic amines) is 1. The minimum atomic E-state index is -0.237. The number of rotatable bonds is 4. The molecule has 1 aliphatic rings. The quantitative estimate of drug-likeness (QED) is 0.813. The number of nitrogens with zero attached hydrogens (tertiary/aromatic N) is 3. The van der Waals surface area contributed by atoms with Crippen molar-refractivity contribution in [1.29, 1.82) is 0 Å². The molecular weight excluding hydrogens is 364 g/mol. The van der Waals surface area contributed by atoms with Crippen LogP contribution in [-0.4, -0.2) is 45.2 Å². The van der Waals surface area contributed by atoms with Gasteiger partial charge in [0.15, 0.2) is 0 Å². The standard InChI is InChI=1S/C20H27ClN4O2/c1-12(2)20(27)25-7-5-14(6-8-25)15-11-24(4)19-18(15)13(3)16(10-22-19)23-17(26)9-21/h10-12,14H,5-9H2,1-4H3,(H,23,26). The zero-order chi connectivity index (χ0) is 19.7. The average Bonchev–Trinajstić information content (AvgIpc) is 3.00. The molecule has 0 bridgehead atoms. The molecule has 1 N–H and O–H groups in total. The predicted molar refractivity (Wildman–Crippen MR) is 108 cm³/mol. The van der Waals surface area contributed by atoms with E-state index in [9.17, 15) is 9.59 Å². The minimum absolute atomic E-state index is 0.0404. The van der Waals surface area contributed by atoms with Crippen LogP contribution >= 0.6 is 11.6 Å². The number of nitrogens with one attached hydrogen (secondary N) is 1. The molecule has 0 atom stereocenters. The van der Waals surface area contributed by atoms with Crippen LogP contribution in [-0.2, 0) is 16.6 Å². The van der Waals surface area contributed by atoms with Crippen molar-refractivity contribution in [2.24, 2.45) is 13.0 Å². The molecule has 3 rings (SSSR count). The molecule has 0 aliphatic carbocycles. The molecule has 2 aromatic heterocycles. The van der Waals surface area contributed by atoms with Crippen LogP contribution in [0.4, 0.5) is 5.69 Å². The third kappa shape index (κ3) is 3.81. The lowest BCUT2D eigenvalue weighted by atomic mass is 9.88. The van der Waals surface area contributed by atoms with Gasteiger partial charge in [-0.1, -0.05) is 13.8 Å². The number of hydrogen-bond donors (Lipinski definition) is 1. The van der Waals surface area contributed by atoms with Crippen LogP contribution in [0.2, 0.25) is 0 Å². The van der Waals surface area contributed by atoms with Crippen molar-refractivity contribution < 1.29 is 9.59 Å². The molecule has 2 amide bonds. The van der Waals surface area contributed by atoms with Gasteiger partial charge in [0.05, 0.1) is 11.9 Å². The molecule has 27 heavy (non-hydrogen) atoms. The summed E-state index contributed by atoms with van der Waals surface area (Å²) in [4.78, 5) is 30.5. The lowest BCUT2D eigenvalue weighted by Gasteiger charge is -2.33. The van der Waals surface area contributed by atoms with Gasteiger partial charge in [0.1, 0.15) is 11.5 Å². The smallest absolute Gasteiger partial charge is 0.239 e. The van der Waals surface area contributed by atoms with Gasteiger partial charge in [-0.25, -0.2) is 4.98 Å². The molecule has 1 aliphatic heterocycles. The second-order valence-corrected chi connectivity index (χ2v) is 7.89. The normalized spacial score (nSPS) is 15.6. The summed E-state index contributed by atoms with van der Waals surface area (Å²) >= 11 is 5.62. The van der Waals surface area contributed by atoms with Crippen LogP contribution in [0.15, 0.2) is 12.4 Å². The number of hydrogen-bond acceptors (Lipinski definition) is 3. The number of carbonyl (C=O) groups is 2. The summed E-state index contributed by atoms with van der Waals surface area (Å²) in [6.07, 6.45) is 5.71. The fraction of sp³-hybridized carbons (Fsp3) is 0.550. The van der Waals surface area contributed by atoms with E-state index in [-0.39, 0.29) is 23.6 Å². The average molecular weight is 391 g/mol. The first-order chi connectivity index (χ1) is 12.8. The van der Waals surface area contributed by atoms with Crippen molar-refractivity contribution in [3.63, 3.8) is 0 Å². The maximum Gasteiger partial charge on any atom is 0.239 e. The Kier molecular flexibility index (Phi) is 5.75. The van der Waals surface area contributed by atoms with Gasteiger partial charge in [-0.2, -0.15) is 0 Å². The minimum Gasteiger partial charge on any atom is -0.342 e. The molecule has 0 spiro atoms. The highest BCUT2D eigenvalue weighted by Crippen LogP contribution is 2.37. The summed E-state index contributed by atoms with van der Waals surface area (Å²) in [5, 5.41) is 3.93. The van der Waals surface area contributed by atoms with Crippen LogP contribution in [0.25, 0.3) is 11.0 Å². The first kappa shape index (κ1) is 19.7. The molecule has 0 saturated carbocycles. The van der Waals surface area contributed by atoms with E-state index in [4.69, 9.17) is 11.6 Å². The number of amides is 2. The lowest BCUT2D eigenvalue weighted by Crippen LogP contribution is -2.40. The number of carbonyl (C=O) groups excluding carboxylic acids is 2. The number of pyridine rings is 1. The highest BCUT2D eigenvalue weighted by atomic mass is 35.5. The molecule has 1 fully saturated rings. The van der Waals surface area contributed by atoms with Gasteiger partial charge in [-0.05, 0) is 36.8 Å². The summed E-state index contributed by atoms with van der Waals surface area (Å²) in [5.41, 5.74) is 3.87. The topological polar surface area (TPSA) is 67.2 Å². The molecule has 146 valence electrons. The van der Waals surface area contributed by atoms with Gasteiger partial charge in [0.25, 0.3) is 0 Å². The first-order valence-electron chi connectivity index (χ1n) is 9.42. The van der Waals surface area contributed by atoms with E-state index in [1.54, 1.807) is 6.20 Å². The van der Waals surface area contributed by atoms with Gasteiger partial charge in [-0.3, -0.25) is 9.59 Å². The van der Waals surface area contributed by atoms with E-state index in [0.717, 1.165) is 42.5 Å². The van der Waals surface area contributed by atoms with Crippen LogP contribution in [0, 0.1) is 12.8 Å². The number of fused-ring (bicyclic) bond motifs is 1. The summed E-state index contributed by atoms with van der Waals surface area (Å²) < 4.78 is 2.04. The Balaban J connectivity index is 1.90. The molecule has 3 heterocycles. The second kappa shape index (κ2) is 7.89. The van der Waals surface area contributed by atoms with E-state index >= 15 is 0 Å². The summed E-state index contributed by atoms with van der Waals surface area (Å²) in [5.74, 6) is 0.332. The Labute approximate surface area is 164 Å². The van der Waals surface area contributed by atoms with Crippen molar-refractivity contribution in [2.75, 3.05) is 24.3 Å².